The highest BCUT2D eigenvalue weighted by Crippen LogP contribution is 2.52. The summed E-state index contributed by atoms with van der Waals surface area (Å²) < 4.78 is 0. The number of carbonyl (C=O) groups excluding carboxylic acids is 2. The van der Waals surface area contributed by atoms with Gasteiger partial charge in [0.15, 0.2) is 0 Å². The molecule has 4 rings (SSSR count). The number of nitrogens with one attached hydrogen (secondary N) is 1. The molecule has 0 unspecified atom stereocenters. The summed E-state index contributed by atoms with van der Waals surface area (Å²) in [5, 5.41) is 5.02. The maximum absolute atomic E-state index is 13.1. The van der Waals surface area contributed by atoms with E-state index in [1.165, 1.54) is 11.3 Å². The summed E-state index contributed by atoms with van der Waals surface area (Å²) in [5.74, 6) is 0.0685. The van der Waals surface area contributed by atoms with E-state index in [1.807, 2.05) is 46.7 Å². The van der Waals surface area contributed by atoms with Gasteiger partial charge in [0, 0.05) is 23.5 Å². The number of rotatable bonds is 6. The molecule has 0 radical (unpaired) electrons. The number of nitrogens with zero attached hydrogens (tertiary/aromatic N) is 2. The molecule has 1 N–H and O–H groups in total. The topological polar surface area (TPSA) is 62.3 Å². The van der Waals surface area contributed by atoms with Crippen LogP contribution in [-0.4, -0.2) is 33.8 Å². The van der Waals surface area contributed by atoms with Crippen molar-refractivity contribution in [2.75, 3.05) is 0 Å². The van der Waals surface area contributed by atoms with Crippen LogP contribution in [0.25, 0.3) is 6.08 Å². The number of carbonyl (C=O) groups is 2. The summed E-state index contributed by atoms with van der Waals surface area (Å²) in [6.07, 6.45) is 6.88. The van der Waals surface area contributed by atoms with Gasteiger partial charge in [-0.25, -0.2) is 4.98 Å². The third-order valence-corrected chi connectivity index (χ3v) is 6.84. The van der Waals surface area contributed by atoms with Gasteiger partial charge in [-0.3, -0.25) is 9.59 Å². The Morgan fingerprint density at radius 1 is 1.32 bits per heavy atom. The lowest BCUT2D eigenvalue weighted by atomic mass is 9.71. The minimum atomic E-state index is -0.491. The highest BCUT2D eigenvalue weighted by atomic mass is 32.1. The summed E-state index contributed by atoms with van der Waals surface area (Å²) in [7, 11) is 0. The second-order valence-electron chi connectivity index (χ2n) is 7.61. The van der Waals surface area contributed by atoms with E-state index < -0.39 is 5.41 Å². The van der Waals surface area contributed by atoms with Gasteiger partial charge < -0.3 is 10.2 Å². The van der Waals surface area contributed by atoms with E-state index in [4.69, 9.17) is 0 Å². The van der Waals surface area contributed by atoms with Crippen molar-refractivity contribution in [2.24, 2.45) is 5.41 Å². The zero-order chi connectivity index (χ0) is 19.6. The van der Waals surface area contributed by atoms with Crippen molar-refractivity contribution in [1.29, 1.82) is 0 Å². The highest BCUT2D eigenvalue weighted by molar-refractivity contribution is 7.07. The molecule has 3 atom stereocenters. The molecule has 5 nitrogen and oxygen atoms in total. The van der Waals surface area contributed by atoms with E-state index >= 15 is 0 Å². The summed E-state index contributed by atoms with van der Waals surface area (Å²) in [5.41, 5.74) is 3.17. The van der Waals surface area contributed by atoms with Crippen LogP contribution >= 0.6 is 11.3 Å². The minimum absolute atomic E-state index is 0.0129. The standard InChI is InChI=1S/C22H25N3O2S/c1-2-22(21(27)23-13-17-14-28-15-24-17)12-18-9-10-19(22)25(18)20(26)11-8-16-6-4-3-5-7-16/h3-8,11,14-15,18-19H,2,9-10,12-13H2,1H3,(H,23,27)/b11-8+/t18-,19+,22+/m0/s1. The Balaban J connectivity index is 1.48. The van der Waals surface area contributed by atoms with E-state index in [0.29, 0.717) is 6.54 Å². The Hall–Kier alpha value is -2.47. The molecule has 146 valence electrons. The lowest BCUT2D eigenvalue weighted by molar-refractivity contribution is -0.135. The smallest absolute Gasteiger partial charge is 0.247 e. The largest absolute Gasteiger partial charge is 0.350 e. The molecule has 2 saturated heterocycles. The van der Waals surface area contributed by atoms with Crippen LogP contribution in [0.4, 0.5) is 0 Å². The van der Waals surface area contributed by atoms with Crippen molar-refractivity contribution in [3.63, 3.8) is 0 Å². The summed E-state index contributed by atoms with van der Waals surface area (Å²) in [6, 6.07) is 9.96. The molecule has 2 aromatic rings. The van der Waals surface area contributed by atoms with Crippen LogP contribution in [0.1, 0.15) is 43.9 Å². The Morgan fingerprint density at radius 3 is 2.86 bits per heavy atom. The van der Waals surface area contributed by atoms with Crippen molar-refractivity contribution >= 4 is 29.2 Å². The lowest BCUT2D eigenvalue weighted by Crippen LogP contribution is -2.49. The maximum atomic E-state index is 13.1. The van der Waals surface area contributed by atoms with Crippen molar-refractivity contribution < 1.29 is 9.59 Å². The lowest BCUT2D eigenvalue weighted by Gasteiger charge is -2.35. The predicted molar refractivity (Wildman–Crippen MR) is 110 cm³/mol. The van der Waals surface area contributed by atoms with Crippen molar-refractivity contribution in [3.05, 3.63) is 58.6 Å². The van der Waals surface area contributed by atoms with Crippen molar-refractivity contribution in [1.82, 2.24) is 15.2 Å². The van der Waals surface area contributed by atoms with Gasteiger partial charge in [-0.2, -0.15) is 0 Å². The van der Waals surface area contributed by atoms with Crippen LogP contribution in [0, 0.1) is 5.41 Å². The fraction of sp³-hybridized carbons (Fsp3) is 0.409. The summed E-state index contributed by atoms with van der Waals surface area (Å²) in [6.45, 7) is 2.51. The van der Waals surface area contributed by atoms with E-state index in [0.717, 1.165) is 36.9 Å². The Labute approximate surface area is 169 Å². The van der Waals surface area contributed by atoms with Crippen LogP contribution in [-0.2, 0) is 16.1 Å². The monoisotopic (exact) mass is 395 g/mol. The van der Waals surface area contributed by atoms with Gasteiger partial charge in [-0.05, 0) is 37.3 Å². The van der Waals surface area contributed by atoms with Gasteiger partial charge >= 0.3 is 0 Å². The van der Waals surface area contributed by atoms with E-state index in [9.17, 15) is 9.59 Å². The first kappa shape index (κ1) is 18.9. The third-order valence-electron chi connectivity index (χ3n) is 6.21. The second kappa shape index (κ2) is 7.87. The van der Waals surface area contributed by atoms with E-state index in [2.05, 4.69) is 17.2 Å². The summed E-state index contributed by atoms with van der Waals surface area (Å²) >= 11 is 1.53. The zero-order valence-electron chi connectivity index (χ0n) is 16.0. The van der Waals surface area contributed by atoms with Crippen LogP contribution in [0.15, 0.2) is 47.3 Å². The fourth-order valence-electron chi connectivity index (χ4n) is 4.79. The Bertz CT molecular complexity index is 865. The second-order valence-corrected chi connectivity index (χ2v) is 8.33. The molecular weight excluding hydrogens is 370 g/mol. The maximum Gasteiger partial charge on any atom is 0.247 e. The SMILES string of the molecule is CC[C@@]1(C(=O)NCc2cscn2)C[C@@H]2CC[C@H]1N2C(=O)/C=C/c1ccccc1. The molecule has 0 saturated carbocycles. The molecule has 1 aromatic heterocycles. The molecule has 1 aromatic carbocycles. The predicted octanol–water partition coefficient (Wildman–Crippen LogP) is 3.63. The normalized spacial score (nSPS) is 26.1. The molecule has 2 amide bonds. The van der Waals surface area contributed by atoms with E-state index in [1.54, 1.807) is 11.6 Å². The van der Waals surface area contributed by atoms with Crippen LogP contribution in [0.3, 0.4) is 0 Å². The first-order chi connectivity index (χ1) is 13.6. The number of hydrogen-bond donors (Lipinski definition) is 1. The molecule has 28 heavy (non-hydrogen) atoms. The molecule has 2 aliphatic rings. The van der Waals surface area contributed by atoms with Gasteiger partial charge in [0.2, 0.25) is 11.8 Å². The molecule has 2 aliphatic heterocycles. The molecule has 0 aliphatic carbocycles. The van der Waals surface area contributed by atoms with Crippen molar-refractivity contribution in [3.8, 4) is 0 Å². The van der Waals surface area contributed by atoms with Gasteiger partial charge in [0.1, 0.15) is 0 Å². The number of fused-ring (bicyclic) bond motifs is 2. The number of hydrogen-bond acceptors (Lipinski definition) is 4. The van der Waals surface area contributed by atoms with E-state index in [-0.39, 0.29) is 23.9 Å². The first-order valence-electron chi connectivity index (χ1n) is 9.85. The average Bonchev–Trinajstić information content (AvgIpc) is 3.46. The number of aromatic nitrogens is 1. The number of amides is 2. The molecule has 2 bridgehead atoms. The number of benzene rings is 1. The van der Waals surface area contributed by atoms with Crippen LogP contribution < -0.4 is 5.32 Å². The van der Waals surface area contributed by atoms with Gasteiger partial charge in [-0.1, -0.05) is 37.3 Å². The average molecular weight is 396 g/mol. The van der Waals surface area contributed by atoms with Gasteiger partial charge in [0.25, 0.3) is 0 Å². The van der Waals surface area contributed by atoms with Crippen LogP contribution in [0.2, 0.25) is 0 Å². The Morgan fingerprint density at radius 2 is 2.14 bits per heavy atom. The quantitative estimate of drug-likeness (QED) is 0.760. The molecular formula is C22H25N3O2S. The Kier molecular flexibility index (Phi) is 5.31. The minimum Gasteiger partial charge on any atom is -0.350 e. The molecule has 0 spiro atoms. The molecule has 6 heteroatoms. The number of thiazole rings is 1. The third kappa shape index (κ3) is 3.37. The van der Waals surface area contributed by atoms with Gasteiger partial charge in [-0.15, -0.1) is 11.3 Å². The summed E-state index contributed by atoms with van der Waals surface area (Å²) in [4.78, 5) is 32.3. The molecule has 2 fully saturated rings. The first-order valence-corrected chi connectivity index (χ1v) is 10.8. The van der Waals surface area contributed by atoms with Crippen molar-refractivity contribution in [2.45, 2.75) is 51.2 Å². The van der Waals surface area contributed by atoms with Crippen LogP contribution in [0.5, 0.6) is 0 Å². The fourth-order valence-corrected chi connectivity index (χ4v) is 5.35. The highest BCUT2D eigenvalue weighted by Gasteiger charge is 2.59. The molecule has 3 heterocycles. The van der Waals surface area contributed by atoms with Gasteiger partial charge in [0.05, 0.1) is 23.2 Å². The zero-order valence-corrected chi connectivity index (χ0v) is 16.8.